The van der Waals surface area contributed by atoms with Crippen molar-refractivity contribution < 1.29 is 23.9 Å². The summed E-state index contributed by atoms with van der Waals surface area (Å²) in [5.74, 6) is -0.689. The van der Waals surface area contributed by atoms with E-state index in [2.05, 4.69) is 23.3 Å². The molecule has 0 saturated carbocycles. The molecule has 7 nitrogen and oxygen atoms in total. The lowest BCUT2D eigenvalue weighted by Crippen LogP contribution is -2.53. The molecule has 0 aliphatic heterocycles. The minimum atomic E-state index is -0.875. The second-order valence-electron chi connectivity index (χ2n) is 6.99. The molecule has 0 aliphatic rings. The summed E-state index contributed by atoms with van der Waals surface area (Å²) in [6.07, 6.45) is -0.144. The number of benzene rings is 1. The zero-order valence-electron chi connectivity index (χ0n) is 16.2. The van der Waals surface area contributed by atoms with Crippen molar-refractivity contribution in [2.24, 2.45) is 0 Å². The normalized spacial score (nSPS) is 13.2. The lowest BCUT2D eigenvalue weighted by molar-refractivity contribution is -0.145. The molecule has 2 atom stereocenters. The Labute approximate surface area is 165 Å². The van der Waals surface area contributed by atoms with Gasteiger partial charge in [0.2, 0.25) is 5.91 Å². The van der Waals surface area contributed by atoms with Crippen LogP contribution in [0.4, 0.5) is 4.79 Å². The summed E-state index contributed by atoms with van der Waals surface area (Å²) >= 11 is 4.13. The summed E-state index contributed by atoms with van der Waals surface area (Å²) in [5.41, 5.74) is 0.188. The molecule has 0 bridgehead atoms. The van der Waals surface area contributed by atoms with E-state index in [1.807, 2.05) is 30.3 Å². The monoisotopic (exact) mass is 396 g/mol. The minimum Gasteiger partial charge on any atom is -0.467 e. The van der Waals surface area contributed by atoms with E-state index in [9.17, 15) is 14.4 Å². The van der Waals surface area contributed by atoms with E-state index in [0.29, 0.717) is 5.75 Å². The first-order chi connectivity index (χ1) is 12.7. The van der Waals surface area contributed by atoms with Gasteiger partial charge in [-0.25, -0.2) is 9.59 Å². The molecule has 0 aliphatic carbocycles. The number of carbonyl (C=O) groups is 3. The molecule has 2 N–H and O–H groups in total. The van der Waals surface area contributed by atoms with Crippen molar-refractivity contribution in [2.75, 3.05) is 12.9 Å². The van der Waals surface area contributed by atoms with Gasteiger partial charge in [0.15, 0.2) is 0 Å². The van der Waals surface area contributed by atoms with Crippen molar-refractivity contribution in [3.63, 3.8) is 0 Å². The van der Waals surface area contributed by atoms with Crippen molar-refractivity contribution in [1.82, 2.24) is 10.6 Å². The molecule has 0 heterocycles. The number of rotatable bonds is 8. The van der Waals surface area contributed by atoms with Gasteiger partial charge in [0.1, 0.15) is 17.7 Å². The fourth-order valence-corrected chi connectivity index (χ4v) is 2.56. The molecule has 0 saturated heterocycles. The Morgan fingerprint density at radius 1 is 1.07 bits per heavy atom. The highest BCUT2D eigenvalue weighted by molar-refractivity contribution is 7.80. The molecular formula is C19H28N2O5S. The van der Waals surface area contributed by atoms with Gasteiger partial charge in [-0.3, -0.25) is 4.79 Å². The van der Waals surface area contributed by atoms with Gasteiger partial charge < -0.3 is 20.1 Å². The molecule has 0 unspecified atom stereocenters. The van der Waals surface area contributed by atoms with Gasteiger partial charge in [0.05, 0.1) is 7.11 Å². The molecule has 0 radical (unpaired) electrons. The summed E-state index contributed by atoms with van der Waals surface area (Å²) in [6, 6.07) is 7.52. The van der Waals surface area contributed by atoms with E-state index in [1.54, 1.807) is 20.8 Å². The number of thiol groups is 1. The maximum atomic E-state index is 12.6. The number of alkyl carbamates (subject to hydrolysis) is 1. The smallest absolute Gasteiger partial charge is 0.408 e. The minimum absolute atomic E-state index is 0.277. The van der Waals surface area contributed by atoms with Crippen LogP contribution >= 0.6 is 12.6 Å². The number of esters is 1. The first kappa shape index (κ1) is 22.8. The number of ether oxygens (including phenoxy) is 2. The SMILES string of the molecule is COC(=O)[C@H](Cc1ccccc1)NC(=O)[C@H](CCS)NC(=O)OC(C)(C)C. The Balaban J connectivity index is 2.82. The maximum Gasteiger partial charge on any atom is 0.408 e. The number of methoxy groups -OCH3 is 1. The predicted molar refractivity (Wildman–Crippen MR) is 106 cm³/mol. The van der Waals surface area contributed by atoms with Crippen molar-refractivity contribution >= 4 is 30.6 Å². The third-order valence-electron chi connectivity index (χ3n) is 3.51. The van der Waals surface area contributed by atoms with E-state index in [-0.39, 0.29) is 12.8 Å². The predicted octanol–water partition coefficient (Wildman–Crippen LogP) is 2.10. The molecule has 1 aromatic rings. The van der Waals surface area contributed by atoms with Gasteiger partial charge >= 0.3 is 12.1 Å². The number of hydrogen-bond acceptors (Lipinski definition) is 6. The van der Waals surface area contributed by atoms with E-state index >= 15 is 0 Å². The lowest BCUT2D eigenvalue weighted by atomic mass is 10.1. The Morgan fingerprint density at radius 2 is 1.70 bits per heavy atom. The largest absolute Gasteiger partial charge is 0.467 e. The Hall–Kier alpha value is -2.22. The first-order valence-corrected chi connectivity index (χ1v) is 9.32. The summed E-state index contributed by atoms with van der Waals surface area (Å²) < 4.78 is 9.98. The number of carbonyl (C=O) groups excluding carboxylic acids is 3. The van der Waals surface area contributed by atoms with Crippen LogP contribution in [0.5, 0.6) is 0 Å². The Bertz CT molecular complexity index is 631. The molecule has 2 amide bonds. The first-order valence-electron chi connectivity index (χ1n) is 8.68. The summed E-state index contributed by atoms with van der Waals surface area (Å²) in [6.45, 7) is 5.19. The fourth-order valence-electron chi connectivity index (χ4n) is 2.31. The van der Waals surface area contributed by atoms with Crippen molar-refractivity contribution in [3.8, 4) is 0 Å². The van der Waals surface area contributed by atoms with E-state index in [4.69, 9.17) is 9.47 Å². The molecule has 8 heteroatoms. The van der Waals surface area contributed by atoms with Crippen molar-refractivity contribution in [2.45, 2.75) is 51.3 Å². The molecular weight excluding hydrogens is 368 g/mol. The second kappa shape index (κ2) is 10.8. The third-order valence-corrected chi connectivity index (χ3v) is 3.77. The van der Waals surface area contributed by atoms with Gasteiger partial charge in [-0.2, -0.15) is 12.6 Å². The molecule has 0 aromatic heterocycles. The number of amides is 2. The maximum absolute atomic E-state index is 12.6. The lowest BCUT2D eigenvalue weighted by Gasteiger charge is -2.24. The summed E-state index contributed by atoms with van der Waals surface area (Å²) in [4.78, 5) is 36.7. The van der Waals surface area contributed by atoms with Crippen LogP contribution in [0.25, 0.3) is 0 Å². The zero-order valence-corrected chi connectivity index (χ0v) is 17.0. The van der Waals surface area contributed by atoms with Crippen LogP contribution in [0.3, 0.4) is 0 Å². The molecule has 0 fully saturated rings. The van der Waals surface area contributed by atoms with Gasteiger partial charge in [-0.1, -0.05) is 30.3 Å². The van der Waals surface area contributed by atoms with Crippen LogP contribution < -0.4 is 10.6 Å². The van der Waals surface area contributed by atoms with Gasteiger partial charge in [0, 0.05) is 6.42 Å². The molecule has 0 spiro atoms. The standard InChI is InChI=1S/C19H28N2O5S/c1-19(2,3)26-18(24)21-14(10-11-27)16(22)20-15(17(23)25-4)12-13-8-6-5-7-9-13/h5-9,14-15,27H,10-12H2,1-4H3,(H,20,22)(H,21,24)/t14-,15-/m0/s1. The second-order valence-corrected chi connectivity index (χ2v) is 7.43. The average molecular weight is 397 g/mol. The van der Waals surface area contributed by atoms with Gasteiger partial charge in [0.25, 0.3) is 0 Å². The average Bonchev–Trinajstić information content (AvgIpc) is 2.59. The molecule has 150 valence electrons. The van der Waals surface area contributed by atoms with Gasteiger partial charge in [-0.05, 0) is 38.5 Å². The van der Waals surface area contributed by atoms with Crippen LogP contribution in [0, 0.1) is 0 Å². The van der Waals surface area contributed by atoms with Crippen LogP contribution in [0.15, 0.2) is 30.3 Å². The van der Waals surface area contributed by atoms with Crippen LogP contribution in [-0.2, 0) is 25.5 Å². The van der Waals surface area contributed by atoms with E-state index in [1.165, 1.54) is 7.11 Å². The highest BCUT2D eigenvalue weighted by Gasteiger charge is 2.28. The zero-order chi connectivity index (χ0) is 20.4. The molecule has 1 rings (SSSR count). The summed E-state index contributed by atoms with van der Waals surface area (Å²) in [5, 5.41) is 5.18. The Kier molecular flexibility index (Phi) is 9.14. The third kappa shape index (κ3) is 8.81. The van der Waals surface area contributed by atoms with Crippen LogP contribution in [-0.4, -0.2) is 48.5 Å². The topological polar surface area (TPSA) is 93.7 Å². The number of nitrogens with one attached hydrogen (secondary N) is 2. The van der Waals surface area contributed by atoms with Crippen LogP contribution in [0.2, 0.25) is 0 Å². The highest BCUT2D eigenvalue weighted by Crippen LogP contribution is 2.09. The van der Waals surface area contributed by atoms with Crippen molar-refractivity contribution in [1.29, 1.82) is 0 Å². The quantitative estimate of drug-likeness (QED) is 0.462. The van der Waals surface area contributed by atoms with E-state index in [0.717, 1.165) is 5.56 Å². The fraction of sp³-hybridized carbons (Fsp3) is 0.526. The Morgan fingerprint density at radius 3 is 2.22 bits per heavy atom. The van der Waals surface area contributed by atoms with Gasteiger partial charge in [-0.15, -0.1) is 0 Å². The highest BCUT2D eigenvalue weighted by atomic mass is 32.1. The number of hydrogen-bond donors (Lipinski definition) is 3. The molecule has 1 aromatic carbocycles. The molecule has 27 heavy (non-hydrogen) atoms. The van der Waals surface area contributed by atoms with Crippen molar-refractivity contribution in [3.05, 3.63) is 35.9 Å². The van der Waals surface area contributed by atoms with Crippen LogP contribution in [0.1, 0.15) is 32.8 Å². The summed E-state index contributed by atoms with van der Waals surface area (Å²) in [7, 11) is 1.26. The van der Waals surface area contributed by atoms with E-state index < -0.39 is 35.7 Å².